The molecule has 0 radical (unpaired) electrons. The first-order chi connectivity index (χ1) is 8.88. The molecule has 0 aliphatic heterocycles. The molecule has 0 atom stereocenters. The van der Waals surface area contributed by atoms with Crippen LogP contribution in [0.1, 0.15) is 32.7 Å². The molecular formula is C15H17ClN2O. The van der Waals surface area contributed by atoms with E-state index in [1.807, 2.05) is 32.9 Å². The minimum atomic E-state index is 0.0739. The molecule has 0 saturated carbocycles. The largest absolute Gasteiger partial charge is 0.294 e. The van der Waals surface area contributed by atoms with E-state index in [0.29, 0.717) is 11.6 Å². The number of carbonyl (C=O) groups is 1. The fraction of sp³-hybridized carbons (Fsp3) is 0.333. The zero-order valence-electron chi connectivity index (χ0n) is 11.6. The Morgan fingerprint density at radius 2 is 1.79 bits per heavy atom. The van der Waals surface area contributed by atoms with Gasteiger partial charge in [-0.2, -0.15) is 5.10 Å². The maximum Gasteiger partial charge on any atom is 0.167 e. The molecule has 0 aliphatic rings. The summed E-state index contributed by atoms with van der Waals surface area (Å²) < 4.78 is 1.60. The maximum absolute atomic E-state index is 12.3. The van der Waals surface area contributed by atoms with Gasteiger partial charge in [0.25, 0.3) is 0 Å². The highest BCUT2D eigenvalue weighted by molar-refractivity contribution is 6.30. The maximum atomic E-state index is 12.3. The Morgan fingerprint density at radius 1 is 1.21 bits per heavy atom. The molecule has 0 spiro atoms. The first-order valence-corrected chi connectivity index (χ1v) is 6.55. The number of benzene rings is 1. The van der Waals surface area contributed by atoms with Crippen LogP contribution in [0.5, 0.6) is 0 Å². The molecule has 19 heavy (non-hydrogen) atoms. The Bertz CT molecular complexity index is 624. The van der Waals surface area contributed by atoms with Gasteiger partial charge in [0.1, 0.15) is 5.15 Å². The van der Waals surface area contributed by atoms with E-state index in [2.05, 4.69) is 11.2 Å². The first kappa shape index (κ1) is 13.8. The lowest BCUT2D eigenvalue weighted by Gasteiger charge is -2.04. The van der Waals surface area contributed by atoms with Crippen LogP contribution in [0.2, 0.25) is 5.15 Å². The SMILES string of the molecule is Cc1cc(C)cc(C(=O)Cc2c(C)nn(C)c2Cl)c1. The summed E-state index contributed by atoms with van der Waals surface area (Å²) in [4.78, 5) is 12.3. The lowest BCUT2D eigenvalue weighted by atomic mass is 10.00. The molecule has 0 unspecified atom stereocenters. The number of Topliss-reactive ketones (excluding diaryl/α,β-unsaturated/α-hetero) is 1. The summed E-state index contributed by atoms with van der Waals surface area (Å²) in [7, 11) is 1.78. The zero-order valence-corrected chi connectivity index (χ0v) is 12.4. The molecule has 1 heterocycles. The van der Waals surface area contributed by atoms with Crippen molar-refractivity contribution in [3.8, 4) is 0 Å². The average Bonchev–Trinajstić information content (AvgIpc) is 2.54. The highest BCUT2D eigenvalue weighted by Gasteiger charge is 2.16. The van der Waals surface area contributed by atoms with Crippen LogP contribution in [-0.4, -0.2) is 15.6 Å². The van der Waals surface area contributed by atoms with Crippen molar-refractivity contribution in [3.63, 3.8) is 0 Å². The second kappa shape index (κ2) is 5.17. The number of rotatable bonds is 3. The Hall–Kier alpha value is -1.61. The third-order valence-corrected chi connectivity index (χ3v) is 3.62. The number of halogens is 1. The van der Waals surface area contributed by atoms with Gasteiger partial charge in [0.15, 0.2) is 5.78 Å². The number of aromatic nitrogens is 2. The third-order valence-electron chi connectivity index (χ3n) is 3.15. The van der Waals surface area contributed by atoms with Crippen LogP contribution in [0, 0.1) is 20.8 Å². The van der Waals surface area contributed by atoms with Crippen LogP contribution in [0.15, 0.2) is 18.2 Å². The Morgan fingerprint density at radius 3 is 2.26 bits per heavy atom. The Labute approximate surface area is 118 Å². The monoisotopic (exact) mass is 276 g/mol. The van der Waals surface area contributed by atoms with E-state index in [1.54, 1.807) is 11.7 Å². The fourth-order valence-corrected chi connectivity index (χ4v) is 2.51. The van der Waals surface area contributed by atoms with Crippen molar-refractivity contribution >= 4 is 17.4 Å². The lowest BCUT2D eigenvalue weighted by molar-refractivity contribution is 0.0992. The van der Waals surface area contributed by atoms with E-state index < -0.39 is 0 Å². The average molecular weight is 277 g/mol. The van der Waals surface area contributed by atoms with Crippen LogP contribution in [-0.2, 0) is 13.5 Å². The minimum absolute atomic E-state index is 0.0739. The predicted molar refractivity (Wildman–Crippen MR) is 76.9 cm³/mol. The molecule has 0 N–H and O–H groups in total. The zero-order chi connectivity index (χ0) is 14.2. The third kappa shape index (κ3) is 2.87. The van der Waals surface area contributed by atoms with E-state index in [1.165, 1.54) is 0 Å². The number of aryl methyl sites for hydroxylation is 4. The van der Waals surface area contributed by atoms with Crippen LogP contribution in [0.25, 0.3) is 0 Å². The molecule has 3 nitrogen and oxygen atoms in total. The topological polar surface area (TPSA) is 34.9 Å². The molecule has 2 rings (SSSR count). The lowest BCUT2D eigenvalue weighted by Crippen LogP contribution is -2.05. The van der Waals surface area contributed by atoms with E-state index in [9.17, 15) is 4.79 Å². The van der Waals surface area contributed by atoms with Crippen LogP contribution >= 0.6 is 11.6 Å². The second-order valence-corrected chi connectivity index (χ2v) is 5.31. The Balaban J connectivity index is 2.30. The van der Waals surface area contributed by atoms with Gasteiger partial charge >= 0.3 is 0 Å². The summed E-state index contributed by atoms with van der Waals surface area (Å²) in [6.45, 7) is 5.86. The normalized spacial score (nSPS) is 10.8. The summed E-state index contributed by atoms with van der Waals surface area (Å²) in [6.07, 6.45) is 0.293. The van der Waals surface area contributed by atoms with E-state index in [-0.39, 0.29) is 5.78 Å². The molecule has 1 aromatic heterocycles. The van der Waals surface area contributed by atoms with Crippen molar-refractivity contribution < 1.29 is 4.79 Å². The number of nitrogens with zero attached hydrogens (tertiary/aromatic N) is 2. The predicted octanol–water partition coefficient (Wildman–Crippen LogP) is 3.42. The number of carbonyl (C=O) groups excluding carboxylic acids is 1. The summed E-state index contributed by atoms with van der Waals surface area (Å²) in [5, 5.41) is 4.76. The van der Waals surface area contributed by atoms with Crippen molar-refractivity contribution in [3.05, 3.63) is 51.3 Å². The number of hydrogen-bond acceptors (Lipinski definition) is 2. The van der Waals surface area contributed by atoms with E-state index in [4.69, 9.17) is 11.6 Å². The summed E-state index contributed by atoms with van der Waals surface area (Å²) >= 11 is 6.16. The number of ketones is 1. The fourth-order valence-electron chi connectivity index (χ4n) is 2.27. The Kier molecular flexibility index (Phi) is 3.76. The van der Waals surface area contributed by atoms with Crippen molar-refractivity contribution in [2.24, 2.45) is 7.05 Å². The van der Waals surface area contributed by atoms with E-state index in [0.717, 1.165) is 27.9 Å². The molecule has 0 aliphatic carbocycles. The van der Waals surface area contributed by atoms with Gasteiger partial charge in [0, 0.05) is 24.6 Å². The molecule has 2 aromatic rings. The first-order valence-electron chi connectivity index (χ1n) is 6.18. The quantitative estimate of drug-likeness (QED) is 0.805. The molecule has 0 bridgehead atoms. The van der Waals surface area contributed by atoms with Gasteiger partial charge in [0.05, 0.1) is 5.69 Å². The summed E-state index contributed by atoms with van der Waals surface area (Å²) in [5.41, 5.74) is 4.55. The summed E-state index contributed by atoms with van der Waals surface area (Å²) in [5.74, 6) is 0.0739. The van der Waals surface area contributed by atoms with Gasteiger partial charge < -0.3 is 0 Å². The molecule has 4 heteroatoms. The molecular weight excluding hydrogens is 260 g/mol. The highest BCUT2D eigenvalue weighted by Crippen LogP contribution is 2.21. The standard InChI is InChI=1S/C15H17ClN2O/c1-9-5-10(2)7-12(6-9)14(19)8-13-11(3)17-18(4)15(13)16/h5-7H,8H2,1-4H3. The smallest absolute Gasteiger partial charge is 0.167 e. The summed E-state index contributed by atoms with van der Waals surface area (Å²) in [6, 6.07) is 5.88. The van der Waals surface area contributed by atoms with Crippen molar-refractivity contribution in [1.29, 1.82) is 0 Å². The minimum Gasteiger partial charge on any atom is -0.294 e. The van der Waals surface area contributed by atoms with Crippen molar-refractivity contribution in [1.82, 2.24) is 9.78 Å². The van der Waals surface area contributed by atoms with Crippen LogP contribution < -0.4 is 0 Å². The molecule has 0 fully saturated rings. The van der Waals surface area contributed by atoms with Crippen molar-refractivity contribution in [2.45, 2.75) is 27.2 Å². The van der Waals surface area contributed by atoms with Gasteiger partial charge in [-0.1, -0.05) is 28.8 Å². The highest BCUT2D eigenvalue weighted by atomic mass is 35.5. The van der Waals surface area contributed by atoms with Gasteiger partial charge in [0.2, 0.25) is 0 Å². The van der Waals surface area contributed by atoms with Crippen LogP contribution in [0.4, 0.5) is 0 Å². The van der Waals surface area contributed by atoms with E-state index >= 15 is 0 Å². The van der Waals surface area contributed by atoms with Crippen molar-refractivity contribution in [2.75, 3.05) is 0 Å². The van der Waals surface area contributed by atoms with Gasteiger partial charge in [-0.05, 0) is 32.9 Å². The van der Waals surface area contributed by atoms with Gasteiger partial charge in [-0.3, -0.25) is 9.48 Å². The molecule has 0 saturated heterocycles. The molecule has 0 amide bonds. The number of hydrogen-bond donors (Lipinski definition) is 0. The molecule has 1 aromatic carbocycles. The second-order valence-electron chi connectivity index (χ2n) is 4.95. The van der Waals surface area contributed by atoms with Crippen LogP contribution in [0.3, 0.4) is 0 Å². The van der Waals surface area contributed by atoms with Gasteiger partial charge in [-0.15, -0.1) is 0 Å². The van der Waals surface area contributed by atoms with Gasteiger partial charge in [-0.25, -0.2) is 0 Å². The molecule has 100 valence electrons.